The lowest BCUT2D eigenvalue weighted by Crippen LogP contribution is -2.42. The van der Waals surface area contributed by atoms with Crippen molar-refractivity contribution in [1.82, 2.24) is 14.4 Å². The molecule has 1 aliphatic carbocycles. The van der Waals surface area contributed by atoms with Crippen LogP contribution in [0.15, 0.2) is 24.3 Å². The van der Waals surface area contributed by atoms with Gasteiger partial charge in [0.05, 0.1) is 22.1 Å². The number of benzene rings is 2. The Kier molecular flexibility index (Phi) is 4.65. The molecule has 0 saturated carbocycles. The minimum Gasteiger partial charge on any atom is -0.279 e. The Hall–Kier alpha value is -2.93. The summed E-state index contributed by atoms with van der Waals surface area (Å²) in [4.78, 5) is 10.5. The molecule has 0 bridgehead atoms. The number of hydrogen-bond donors (Lipinski definition) is 0. The first-order valence-electron chi connectivity index (χ1n) is 12.8. The summed E-state index contributed by atoms with van der Waals surface area (Å²) in [6, 6.07) is 11.1. The first-order chi connectivity index (χ1) is 16.1. The minimum absolute atomic E-state index is 0.00736. The molecular formula is C31H38N4. The number of fused-ring (bicyclic) bond motifs is 6. The first kappa shape index (κ1) is 23.8. The van der Waals surface area contributed by atoms with Crippen LogP contribution >= 0.6 is 0 Å². The molecule has 0 amide bonds. The van der Waals surface area contributed by atoms with Crippen LogP contribution in [0, 0.1) is 16.7 Å². The predicted octanol–water partition coefficient (Wildman–Crippen LogP) is 7.92. The van der Waals surface area contributed by atoms with Gasteiger partial charge in [0.1, 0.15) is 17.5 Å². The van der Waals surface area contributed by atoms with E-state index in [-0.39, 0.29) is 21.7 Å². The van der Waals surface area contributed by atoms with E-state index in [1.54, 1.807) is 0 Å². The maximum Gasteiger partial charge on any atom is 0.149 e. The number of imidazole rings is 1. The Labute approximate surface area is 209 Å². The summed E-state index contributed by atoms with van der Waals surface area (Å²) in [6.45, 7) is 25.2. The standard InChI is InChI=1S/C31H38N4/c1-17(2)19-13-12-18(16-32)25-24(19)26-33-22-14-20-21(30(8,9)31(10,11)29(20,6)7)15-23(22)35(26)27(34-25)28(3,4)5/h12-15,17H,1-11H3. The van der Waals surface area contributed by atoms with Gasteiger partial charge in [-0.15, -0.1) is 0 Å². The van der Waals surface area contributed by atoms with E-state index in [1.807, 2.05) is 6.07 Å². The van der Waals surface area contributed by atoms with Crippen LogP contribution in [-0.4, -0.2) is 14.4 Å². The van der Waals surface area contributed by atoms with E-state index >= 15 is 0 Å². The van der Waals surface area contributed by atoms with Crippen molar-refractivity contribution >= 4 is 27.6 Å². The van der Waals surface area contributed by atoms with Crippen LogP contribution in [0.1, 0.15) is 110 Å². The van der Waals surface area contributed by atoms with Crippen LogP contribution in [0.4, 0.5) is 0 Å². The van der Waals surface area contributed by atoms with E-state index in [2.05, 4.69) is 105 Å². The third-order valence-corrected chi connectivity index (χ3v) is 9.54. The highest BCUT2D eigenvalue weighted by atomic mass is 15.1. The lowest BCUT2D eigenvalue weighted by Gasteiger charge is -2.44. The van der Waals surface area contributed by atoms with Crippen molar-refractivity contribution in [3.05, 3.63) is 52.3 Å². The number of rotatable bonds is 1. The molecule has 5 rings (SSSR count). The van der Waals surface area contributed by atoms with Gasteiger partial charge in [0.2, 0.25) is 0 Å². The fourth-order valence-electron chi connectivity index (χ4n) is 6.18. The molecule has 0 unspecified atom stereocenters. The van der Waals surface area contributed by atoms with Crippen molar-refractivity contribution in [3.8, 4) is 6.07 Å². The molecule has 2 aromatic heterocycles. The topological polar surface area (TPSA) is 54.0 Å². The summed E-state index contributed by atoms with van der Waals surface area (Å²) in [5, 5.41) is 10.9. The van der Waals surface area contributed by atoms with Crippen molar-refractivity contribution in [3.63, 3.8) is 0 Å². The summed E-state index contributed by atoms with van der Waals surface area (Å²) in [5.41, 5.74) is 8.25. The molecule has 1 aliphatic rings. The molecule has 0 saturated heterocycles. The quantitative estimate of drug-likeness (QED) is 0.286. The zero-order valence-corrected chi connectivity index (χ0v) is 23.2. The average Bonchev–Trinajstić information content (AvgIpc) is 3.17. The maximum absolute atomic E-state index is 9.93. The predicted molar refractivity (Wildman–Crippen MR) is 145 cm³/mol. The second kappa shape index (κ2) is 6.84. The van der Waals surface area contributed by atoms with Crippen LogP contribution in [-0.2, 0) is 16.2 Å². The van der Waals surface area contributed by atoms with Crippen LogP contribution in [0.2, 0.25) is 0 Å². The Morgan fingerprint density at radius 3 is 2.06 bits per heavy atom. The number of aromatic nitrogens is 3. The van der Waals surface area contributed by atoms with E-state index in [9.17, 15) is 5.26 Å². The van der Waals surface area contributed by atoms with Gasteiger partial charge in [-0.05, 0) is 57.1 Å². The van der Waals surface area contributed by atoms with E-state index < -0.39 is 0 Å². The third-order valence-electron chi connectivity index (χ3n) is 9.54. The van der Waals surface area contributed by atoms with Gasteiger partial charge >= 0.3 is 0 Å². The molecule has 0 atom stereocenters. The summed E-state index contributed by atoms with van der Waals surface area (Å²) in [5.74, 6) is 1.23. The van der Waals surface area contributed by atoms with Crippen LogP contribution in [0.25, 0.3) is 27.6 Å². The Bertz CT molecular complexity index is 1580. The highest BCUT2D eigenvalue weighted by Gasteiger charge is 2.57. The fourth-order valence-corrected chi connectivity index (χ4v) is 6.18. The van der Waals surface area contributed by atoms with Gasteiger partial charge in [0, 0.05) is 10.8 Å². The molecule has 0 fully saturated rings. The first-order valence-corrected chi connectivity index (χ1v) is 12.8. The van der Waals surface area contributed by atoms with Crippen molar-refractivity contribution < 1.29 is 0 Å². The fraction of sp³-hybridized carbons (Fsp3) is 0.516. The minimum atomic E-state index is -0.228. The maximum atomic E-state index is 9.93. The second-order valence-corrected chi connectivity index (χ2v) is 13.4. The largest absolute Gasteiger partial charge is 0.279 e. The number of nitrogens with zero attached hydrogens (tertiary/aromatic N) is 4. The van der Waals surface area contributed by atoms with Crippen molar-refractivity contribution in [2.45, 2.75) is 98.3 Å². The third kappa shape index (κ3) is 2.84. The number of nitriles is 1. The van der Waals surface area contributed by atoms with Gasteiger partial charge in [0.15, 0.2) is 0 Å². The summed E-state index contributed by atoms with van der Waals surface area (Å²) in [6.07, 6.45) is 0. The van der Waals surface area contributed by atoms with E-state index in [1.165, 1.54) is 16.7 Å². The highest BCUT2D eigenvalue weighted by molar-refractivity contribution is 6.01. The zero-order chi connectivity index (χ0) is 25.9. The van der Waals surface area contributed by atoms with Gasteiger partial charge in [0.25, 0.3) is 0 Å². The van der Waals surface area contributed by atoms with Gasteiger partial charge in [-0.2, -0.15) is 5.26 Å². The monoisotopic (exact) mass is 466 g/mol. The molecule has 4 heteroatoms. The lowest BCUT2D eigenvalue weighted by molar-refractivity contribution is 0.125. The zero-order valence-electron chi connectivity index (χ0n) is 23.2. The van der Waals surface area contributed by atoms with Gasteiger partial charge in [-0.3, -0.25) is 4.40 Å². The van der Waals surface area contributed by atoms with E-state index in [0.717, 1.165) is 33.4 Å². The molecule has 0 aliphatic heterocycles. The van der Waals surface area contributed by atoms with Gasteiger partial charge in [-0.25, -0.2) is 9.97 Å². The smallest absolute Gasteiger partial charge is 0.149 e. The molecule has 35 heavy (non-hydrogen) atoms. The summed E-state index contributed by atoms with van der Waals surface area (Å²) in [7, 11) is 0. The SMILES string of the molecule is CC(C)c1ccc(C#N)c2nc(C(C)(C)C)n3c4cc5c(cc4nc3c12)C(C)(C)C(C)(C)C5(C)C. The molecule has 4 aromatic rings. The van der Waals surface area contributed by atoms with E-state index in [4.69, 9.17) is 9.97 Å². The molecule has 0 radical (unpaired) electrons. The van der Waals surface area contributed by atoms with Crippen LogP contribution in [0.5, 0.6) is 0 Å². The second-order valence-electron chi connectivity index (χ2n) is 13.4. The number of hydrogen-bond acceptors (Lipinski definition) is 3. The average molecular weight is 467 g/mol. The Balaban J connectivity index is 2.05. The Morgan fingerprint density at radius 2 is 1.51 bits per heavy atom. The molecule has 4 nitrogen and oxygen atoms in total. The van der Waals surface area contributed by atoms with E-state index in [0.29, 0.717) is 11.5 Å². The van der Waals surface area contributed by atoms with Crippen molar-refractivity contribution in [2.75, 3.05) is 0 Å². The van der Waals surface area contributed by atoms with Crippen LogP contribution < -0.4 is 0 Å². The lowest BCUT2D eigenvalue weighted by atomic mass is 9.59. The normalized spacial score (nSPS) is 18.5. The molecule has 2 aromatic carbocycles. The molecule has 0 spiro atoms. The molecule has 182 valence electrons. The summed E-state index contributed by atoms with van der Waals surface area (Å²) >= 11 is 0. The molecular weight excluding hydrogens is 428 g/mol. The molecule has 2 heterocycles. The van der Waals surface area contributed by atoms with Gasteiger partial charge in [-0.1, -0.05) is 82.2 Å². The van der Waals surface area contributed by atoms with Crippen LogP contribution in [0.3, 0.4) is 0 Å². The van der Waals surface area contributed by atoms with Gasteiger partial charge < -0.3 is 0 Å². The highest BCUT2D eigenvalue weighted by Crippen LogP contribution is 2.62. The van der Waals surface area contributed by atoms with Crippen molar-refractivity contribution in [1.29, 1.82) is 5.26 Å². The summed E-state index contributed by atoms with van der Waals surface area (Å²) < 4.78 is 2.28. The Morgan fingerprint density at radius 1 is 0.914 bits per heavy atom. The molecule has 0 N–H and O–H groups in total. The van der Waals surface area contributed by atoms with Crippen molar-refractivity contribution in [2.24, 2.45) is 5.41 Å².